The quantitative estimate of drug-likeness (QED) is 0.462. The Kier molecular flexibility index (Phi) is 6.25. The van der Waals surface area contributed by atoms with E-state index in [4.69, 9.17) is 21.6 Å². The molecule has 3 heteroatoms. The predicted molar refractivity (Wildman–Crippen MR) is 40.9 cm³/mol. The largest absolute Gasteiger partial charge is 0.381 e. The van der Waals surface area contributed by atoms with E-state index in [-0.39, 0.29) is 0 Å². The first-order chi connectivity index (χ1) is 4.81. The molecule has 0 aliphatic carbocycles. The highest BCUT2D eigenvalue weighted by molar-refractivity contribution is 6.22. The van der Waals surface area contributed by atoms with Crippen LogP contribution in [0.5, 0.6) is 0 Å². The van der Waals surface area contributed by atoms with Crippen LogP contribution in [0.15, 0.2) is 12.2 Å². The number of methoxy groups -OCH3 is 1. The standard InChI is InChI=1S/C7H10ClNO/c1-10-5-3-2-4-7(8)6-9/h2-3,7H,4-5H2,1H3/b3-2+. The lowest BCUT2D eigenvalue weighted by Gasteiger charge is -1.91. The minimum atomic E-state index is -0.409. The first-order valence-electron chi connectivity index (χ1n) is 2.99. The highest BCUT2D eigenvalue weighted by Gasteiger charge is 1.95. The highest BCUT2D eigenvalue weighted by Crippen LogP contribution is 1.99. The third-order valence-corrected chi connectivity index (χ3v) is 1.19. The van der Waals surface area contributed by atoms with Crippen LogP contribution in [-0.4, -0.2) is 19.1 Å². The average Bonchev–Trinajstić information content (AvgIpc) is 1.98. The fourth-order valence-corrected chi connectivity index (χ4v) is 0.536. The molecule has 0 N–H and O–H groups in total. The van der Waals surface area contributed by atoms with Crippen molar-refractivity contribution in [1.82, 2.24) is 0 Å². The van der Waals surface area contributed by atoms with Crippen molar-refractivity contribution in [2.75, 3.05) is 13.7 Å². The predicted octanol–water partition coefficient (Wildman–Crippen LogP) is 1.71. The number of hydrogen-bond acceptors (Lipinski definition) is 2. The summed E-state index contributed by atoms with van der Waals surface area (Å²) in [6.45, 7) is 0.578. The van der Waals surface area contributed by atoms with Gasteiger partial charge in [0.05, 0.1) is 12.7 Å². The average molecular weight is 160 g/mol. The minimum Gasteiger partial charge on any atom is -0.381 e. The Morgan fingerprint density at radius 2 is 2.40 bits per heavy atom. The van der Waals surface area contributed by atoms with Crippen LogP contribution >= 0.6 is 11.6 Å². The molecule has 0 rings (SSSR count). The zero-order valence-electron chi connectivity index (χ0n) is 5.88. The molecule has 2 nitrogen and oxygen atoms in total. The van der Waals surface area contributed by atoms with Gasteiger partial charge in [0.25, 0.3) is 0 Å². The monoisotopic (exact) mass is 159 g/mol. The van der Waals surface area contributed by atoms with E-state index < -0.39 is 5.38 Å². The van der Waals surface area contributed by atoms with Gasteiger partial charge in [-0.05, 0) is 6.42 Å². The van der Waals surface area contributed by atoms with Gasteiger partial charge < -0.3 is 4.74 Å². The van der Waals surface area contributed by atoms with Crippen molar-refractivity contribution in [3.05, 3.63) is 12.2 Å². The third kappa shape index (κ3) is 5.61. The number of alkyl halides is 1. The van der Waals surface area contributed by atoms with E-state index in [1.165, 1.54) is 0 Å². The molecule has 0 saturated heterocycles. The normalized spacial score (nSPS) is 13.3. The second kappa shape index (κ2) is 6.60. The lowest BCUT2D eigenvalue weighted by atomic mass is 10.3. The van der Waals surface area contributed by atoms with E-state index in [9.17, 15) is 0 Å². The molecule has 0 amide bonds. The van der Waals surface area contributed by atoms with Crippen molar-refractivity contribution in [1.29, 1.82) is 5.26 Å². The van der Waals surface area contributed by atoms with Crippen LogP contribution in [-0.2, 0) is 4.74 Å². The summed E-state index contributed by atoms with van der Waals surface area (Å²) in [6.07, 6.45) is 4.26. The Bertz CT molecular complexity index is 139. The molecule has 0 radical (unpaired) electrons. The van der Waals surface area contributed by atoms with Crippen LogP contribution < -0.4 is 0 Å². The molecule has 0 aliphatic rings. The molecule has 0 spiro atoms. The summed E-state index contributed by atoms with van der Waals surface area (Å²) in [5.74, 6) is 0. The van der Waals surface area contributed by atoms with Gasteiger partial charge in [-0.25, -0.2) is 0 Å². The summed E-state index contributed by atoms with van der Waals surface area (Å²) >= 11 is 5.49. The SMILES string of the molecule is COC/C=C/CC(Cl)C#N. The number of halogens is 1. The summed E-state index contributed by atoms with van der Waals surface area (Å²) in [7, 11) is 1.62. The van der Waals surface area contributed by atoms with Gasteiger partial charge in [-0.15, -0.1) is 11.6 Å². The molecule has 0 fully saturated rings. The summed E-state index contributed by atoms with van der Waals surface area (Å²) in [5, 5.41) is 7.84. The van der Waals surface area contributed by atoms with Crippen molar-refractivity contribution >= 4 is 11.6 Å². The molecule has 1 unspecified atom stereocenters. The van der Waals surface area contributed by atoms with Gasteiger partial charge in [0, 0.05) is 7.11 Å². The Morgan fingerprint density at radius 3 is 2.90 bits per heavy atom. The second-order valence-electron chi connectivity index (χ2n) is 1.76. The number of nitriles is 1. The first kappa shape index (κ1) is 9.48. The van der Waals surface area contributed by atoms with Crippen LogP contribution in [0.3, 0.4) is 0 Å². The van der Waals surface area contributed by atoms with Gasteiger partial charge in [-0.1, -0.05) is 12.2 Å². The molecule has 0 heterocycles. The fraction of sp³-hybridized carbons (Fsp3) is 0.571. The summed E-state index contributed by atoms with van der Waals surface area (Å²) < 4.78 is 4.74. The fourth-order valence-electron chi connectivity index (χ4n) is 0.433. The van der Waals surface area contributed by atoms with Gasteiger partial charge in [-0.3, -0.25) is 0 Å². The lowest BCUT2D eigenvalue weighted by molar-refractivity contribution is 0.233. The topological polar surface area (TPSA) is 33.0 Å². The van der Waals surface area contributed by atoms with E-state index in [2.05, 4.69) is 0 Å². The van der Waals surface area contributed by atoms with E-state index in [0.717, 1.165) is 0 Å². The molecule has 0 aromatic carbocycles. The van der Waals surface area contributed by atoms with Crippen molar-refractivity contribution in [3.63, 3.8) is 0 Å². The van der Waals surface area contributed by atoms with Gasteiger partial charge in [0.15, 0.2) is 0 Å². The first-order valence-corrected chi connectivity index (χ1v) is 3.42. The van der Waals surface area contributed by atoms with Crippen molar-refractivity contribution < 1.29 is 4.74 Å². The zero-order chi connectivity index (χ0) is 7.82. The van der Waals surface area contributed by atoms with Crippen LogP contribution in [0.2, 0.25) is 0 Å². The summed E-state index contributed by atoms with van der Waals surface area (Å²) in [6, 6.07) is 1.92. The molecule has 1 atom stereocenters. The highest BCUT2D eigenvalue weighted by atomic mass is 35.5. The number of allylic oxidation sites excluding steroid dienone is 1. The molecular formula is C7H10ClNO. The molecule has 10 heavy (non-hydrogen) atoms. The minimum absolute atomic E-state index is 0.409. The maximum Gasteiger partial charge on any atom is 0.124 e. The Balaban J connectivity index is 3.27. The van der Waals surface area contributed by atoms with E-state index in [0.29, 0.717) is 13.0 Å². The smallest absolute Gasteiger partial charge is 0.124 e. The number of hydrogen-bond donors (Lipinski definition) is 0. The van der Waals surface area contributed by atoms with Gasteiger partial charge in [0.1, 0.15) is 5.38 Å². The molecule has 0 saturated carbocycles. The number of rotatable bonds is 4. The van der Waals surface area contributed by atoms with Gasteiger partial charge in [-0.2, -0.15) is 5.26 Å². The van der Waals surface area contributed by atoms with E-state index in [1.54, 1.807) is 7.11 Å². The number of nitrogens with zero attached hydrogens (tertiary/aromatic N) is 1. The zero-order valence-corrected chi connectivity index (χ0v) is 6.64. The molecule has 0 aliphatic heterocycles. The van der Waals surface area contributed by atoms with Crippen molar-refractivity contribution in [3.8, 4) is 6.07 Å². The molecule has 0 aromatic heterocycles. The van der Waals surface area contributed by atoms with Crippen LogP contribution in [0, 0.1) is 11.3 Å². The molecular weight excluding hydrogens is 150 g/mol. The third-order valence-electron chi connectivity index (χ3n) is 0.913. The second-order valence-corrected chi connectivity index (χ2v) is 2.29. The Hall–Kier alpha value is -0.520. The summed E-state index contributed by atoms with van der Waals surface area (Å²) in [5.41, 5.74) is 0. The van der Waals surface area contributed by atoms with E-state index >= 15 is 0 Å². The van der Waals surface area contributed by atoms with Gasteiger partial charge in [0.2, 0.25) is 0 Å². The van der Waals surface area contributed by atoms with E-state index in [1.807, 2.05) is 18.2 Å². The maximum absolute atomic E-state index is 8.24. The number of ether oxygens (including phenoxy) is 1. The maximum atomic E-state index is 8.24. The van der Waals surface area contributed by atoms with Crippen molar-refractivity contribution in [2.45, 2.75) is 11.8 Å². The lowest BCUT2D eigenvalue weighted by Crippen LogP contribution is -1.90. The molecule has 56 valence electrons. The summed E-state index contributed by atoms with van der Waals surface area (Å²) in [4.78, 5) is 0. The Morgan fingerprint density at radius 1 is 1.70 bits per heavy atom. The van der Waals surface area contributed by atoms with Crippen LogP contribution in [0.25, 0.3) is 0 Å². The van der Waals surface area contributed by atoms with Crippen molar-refractivity contribution in [2.24, 2.45) is 0 Å². The van der Waals surface area contributed by atoms with Gasteiger partial charge >= 0.3 is 0 Å². The Labute approximate surface area is 66.0 Å². The van der Waals surface area contributed by atoms with Crippen LogP contribution in [0.1, 0.15) is 6.42 Å². The van der Waals surface area contributed by atoms with Crippen LogP contribution in [0.4, 0.5) is 0 Å². The molecule has 0 bridgehead atoms. The molecule has 0 aromatic rings.